The Morgan fingerprint density at radius 2 is 1.73 bits per heavy atom. The summed E-state index contributed by atoms with van der Waals surface area (Å²) in [6.07, 6.45) is 7.80. The number of ether oxygens (including phenoxy) is 2. The monoisotopic (exact) mass is 739 g/mol. The highest BCUT2D eigenvalue weighted by Crippen LogP contribution is 2.45. The van der Waals surface area contributed by atoms with Gasteiger partial charge in [-0.25, -0.2) is 18.0 Å². The fraction of sp³-hybridized carbons (Fsp3) is 0.649. The van der Waals surface area contributed by atoms with Gasteiger partial charge >= 0.3 is 12.2 Å². The first-order chi connectivity index (χ1) is 25.0. The second-order valence-electron chi connectivity index (χ2n) is 15.3. The molecule has 3 saturated carbocycles. The first-order valence-electron chi connectivity index (χ1n) is 18.8. The molecule has 4 fully saturated rings. The molecule has 282 valence electrons. The number of hydrogen-bond donors (Lipinski definition) is 3. The van der Waals surface area contributed by atoms with Crippen LogP contribution in [0.25, 0.3) is 0 Å². The first kappa shape index (κ1) is 36.2. The topological polar surface area (TPSA) is 181 Å². The van der Waals surface area contributed by atoms with Crippen LogP contribution in [0.4, 0.5) is 9.59 Å². The Hall–Kier alpha value is -4.14. The Balaban J connectivity index is 1.16. The standard InChI is InChI=1S/C37H49N5O9S/c1-2-26-19-37(26,34(45)40-52(48,49)28-15-16-28)39-32(43)30-18-27-21-42(30)33(44)31(24-11-5-3-6-12-24)38-35(46)50-17-8-4-7-10-23-13-9-14-25-20-41(22-29(23)25)36(47)51-27/h2,9,13-14,24,26-28,30-31H,1,3-8,10-12,15-22H2,(H,38,46)(H,39,43)(H,40,45)/t26-,27+,30-,31-,37+/m0/s1. The molecular formula is C37H49N5O9S. The lowest BCUT2D eigenvalue weighted by Gasteiger charge is -2.34. The normalized spacial score (nSPS) is 30.2. The smallest absolute Gasteiger partial charge is 0.410 e. The number of cyclic esters (lactones) is 1. The summed E-state index contributed by atoms with van der Waals surface area (Å²) in [7, 11) is -3.90. The van der Waals surface area contributed by atoms with Crippen molar-refractivity contribution >= 4 is 39.9 Å². The highest BCUT2D eigenvalue weighted by Gasteiger charge is 2.62. The molecule has 3 heterocycles. The summed E-state index contributed by atoms with van der Waals surface area (Å²) in [6, 6.07) is 3.91. The summed E-state index contributed by atoms with van der Waals surface area (Å²) in [6.45, 7) is 4.64. The van der Waals surface area contributed by atoms with Gasteiger partial charge in [-0.15, -0.1) is 6.58 Å². The van der Waals surface area contributed by atoms with Gasteiger partial charge in [0.2, 0.25) is 21.8 Å². The number of fused-ring (bicyclic) bond motifs is 3. The molecule has 5 amide bonds. The number of aryl methyl sites for hydroxylation is 1. The number of sulfonamides is 1. The third-order valence-corrected chi connectivity index (χ3v) is 13.5. The maximum absolute atomic E-state index is 14.6. The van der Waals surface area contributed by atoms with Crippen molar-refractivity contribution in [1.29, 1.82) is 0 Å². The minimum atomic E-state index is -3.90. The quantitative estimate of drug-likeness (QED) is 0.354. The van der Waals surface area contributed by atoms with Crippen LogP contribution < -0.4 is 15.4 Å². The van der Waals surface area contributed by atoms with E-state index in [4.69, 9.17) is 9.47 Å². The second-order valence-corrected chi connectivity index (χ2v) is 17.3. The number of carbonyl (C=O) groups is 5. The number of amides is 5. The molecule has 14 nitrogen and oxygen atoms in total. The maximum atomic E-state index is 14.6. The first-order valence-corrected chi connectivity index (χ1v) is 20.3. The van der Waals surface area contributed by atoms with Crippen molar-refractivity contribution in [2.75, 3.05) is 13.2 Å². The summed E-state index contributed by atoms with van der Waals surface area (Å²) >= 11 is 0. The third-order valence-electron chi connectivity index (χ3n) is 11.7. The molecule has 7 rings (SSSR count). The SMILES string of the molecule is C=C[C@H]1C[C@]1(NC(=O)[C@@H]1C[C@@H]2CN1C(=O)[C@H](C1CCCCC1)NC(=O)OCCCCCc1cccc3c1CN(C3)C(=O)O2)C(=O)NS(=O)(=O)C1CC1. The van der Waals surface area contributed by atoms with E-state index >= 15 is 0 Å². The van der Waals surface area contributed by atoms with E-state index in [0.717, 1.165) is 55.2 Å². The Bertz CT molecular complexity index is 1720. The van der Waals surface area contributed by atoms with E-state index in [1.807, 2.05) is 12.1 Å². The number of benzene rings is 1. The number of carbonyl (C=O) groups excluding carboxylic acids is 5. The van der Waals surface area contributed by atoms with Gasteiger partial charge < -0.3 is 25.0 Å². The zero-order valence-electron chi connectivity index (χ0n) is 29.5. The third kappa shape index (κ3) is 7.51. The van der Waals surface area contributed by atoms with Gasteiger partial charge in [0.15, 0.2) is 0 Å². The minimum absolute atomic E-state index is 0.0476. The summed E-state index contributed by atoms with van der Waals surface area (Å²) in [5.74, 6) is -2.74. The molecule has 0 spiro atoms. The molecule has 0 aromatic heterocycles. The minimum Gasteiger partial charge on any atom is -0.450 e. The Kier molecular flexibility index (Phi) is 10.2. The molecule has 0 unspecified atom stereocenters. The van der Waals surface area contributed by atoms with Gasteiger partial charge in [-0.05, 0) is 80.4 Å². The van der Waals surface area contributed by atoms with Crippen molar-refractivity contribution in [3.63, 3.8) is 0 Å². The Morgan fingerprint density at radius 3 is 2.46 bits per heavy atom. The molecule has 52 heavy (non-hydrogen) atoms. The summed E-state index contributed by atoms with van der Waals surface area (Å²) < 4.78 is 39.1. The van der Waals surface area contributed by atoms with Crippen LogP contribution in [0.2, 0.25) is 0 Å². The molecule has 1 aromatic carbocycles. The van der Waals surface area contributed by atoms with Gasteiger partial charge in [-0.3, -0.25) is 24.0 Å². The molecule has 3 N–H and O–H groups in total. The van der Waals surface area contributed by atoms with E-state index < -0.39 is 74.8 Å². The highest BCUT2D eigenvalue weighted by atomic mass is 32.2. The lowest BCUT2D eigenvalue weighted by molar-refractivity contribution is -0.142. The average molecular weight is 740 g/mol. The van der Waals surface area contributed by atoms with Crippen LogP contribution in [0, 0.1) is 11.8 Å². The fourth-order valence-corrected chi connectivity index (χ4v) is 9.79. The highest BCUT2D eigenvalue weighted by molar-refractivity contribution is 7.91. The summed E-state index contributed by atoms with van der Waals surface area (Å²) in [4.78, 5) is 72.0. The average Bonchev–Trinajstić information content (AvgIpc) is 4.02. The molecule has 6 aliphatic rings. The van der Waals surface area contributed by atoms with Gasteiger partial charge in [0.25, 0.3) is 5.91 Å². The van der Waals surface area contributed by atoms with Gasteiger partial charge in [0, 0.05) is 25.4 Å². The largest absolute Gasteiger partial charge is 0.450 e. The van der Waals surface area contributed by atoms with Crippen LogP contribution in [-0.2, 0) is 53.4 Å². The molecular weight excluding hydrogens is 691 g/mol. The van der Waals surface area contributed by atoms with Crippen molar-refractivity contribution in [1.82, 2.24) is 25.2 Å². The molecule has 3 aliphatic carbocycles. The zero-order valence-corrected chi connectivity index (χ0v) is 30.3. The summed E-state index contributed by atoms with van der Waals surface area (Å²) in [5.41, 5.74) is 1.75. The van der Waals surface area contributed by atoms with Crippen LogP contribution in [0.3, 0.4) is 0 Å². The summed E-state index contributed by atoms with van der Waals surface area (Å²) in [5, 5.41) is 4.96. The lowest BCUT2D eigenvalue weighted by atomic mass is 9.83. The number of hydrogen-bond acceptors (Lipinski definition) is 9. The van der Waals surface area contributed by atoms with Crippen molar-refractivity contribution in [2.45, 2.75) is 126 Å². The van der Waals surface area contributed by atoms with Crippen LogP contribution in [0.15, 0.2) is 30.9 Å². The van der Waals surface area contributed by atoms with E-state index in [-0.39, 0.29) is 31.9 Å². The second kappa shape index (κ2) is 14.7. The van der Waals surface area contributed by atoms with Gasteiger partial charge in [-0.1, -0.05) is 43.5 Å². The van der Waals surface area contributed by atoms with Crippen LogP contribution in [0.5, 0.6) is 0 Å². The Morgan fingerprint density at radius 1 is 0.981 bits per heavy atom. The molecule has 3 aliphatic heterocycles. The lowest BCUT2D eigenvalue weighted by Crippen LogP contribution is -2.59. The Labute approximate surface area is 304 Å². The fourth-order valence-electron chi connectivity index (χ4n) is 8.42. The number of nitrogens with one attached hydrogen (secondary N) is 3. The molecule has 1 aromatic rings. The zero-order chi connectivity index (χ0) is 36.6. The van der Waals surface area contributed by atoms with Crippen molar-refractivity contribution in [3.05, 3.63) is 47.5 Å². The van der Waals surface area contributed by atoms with E-state index in [1.165, 1.54) is 11.0 Å². The van der Waals surface area contributed by atoms with Gasteiger partial charge in [0.05, 0.1) is 18.4 Å². The molecule has 15 heteroatoms. The van der Waals surface area contributed by atoms with Crippen molar-refractivity contribution < 1.29 is 41.9 Å². The molecule has 5 atom stereocenters. The predicted octanol–water partition coefficient (Wildman–Crippen LogP) is 3.18. The molecule has 0 radical (unpaired) electrons. The van der Waals surface area contributed by atoms with Gasteiger partial charge in [-0.2, -0.15) is 0 Å². The maximum Gasteiger partial charge on any atom is 0.410 e. The van der Waals surface area contributed by atoms with Crippen LogP contribution in [-0.4, -0.2) is 90.3 Å². The van der Waals surface area contributed by atoms with Crippen molar-refractivity contribution in [3.8, 4) is 0 Å². The molecule has 1 saturated heterocycles. The number of nitrogens with zero attached hydrogens (tertiary/aromatic N) is 2. The predicted molar refractivity (Wildman–Crippen MR) is 188 cm³/mol. The van der Waals surface area contributed by atoms with Crippen LogP contribution >= 0.6 is 0 Å². The van der Waals surface area contributed by atoms with E-state index in [9.17, 15) is 32.4 Å². The van der Waals surface area contributed by atoms with Crippen LogP contribution in [0.1, 0.15) is 93.7 Å². The van der Waals surface area contributed by atoms with Crippen molar-refractivity contribution in [2.24, 2.45) is 11.8 Å². The van der Waals surface area contributed by atoms with E-state index in [0.29, 0.717) is 45.2 Å². The van der Waals surface area contributed by atoms with E-state index in [1.54, 1.807) is 4.90 Å². The number of alkyl carbamates (subject to hydrolysis) is 1. The van der Waals surface area contributed by atoms with E-state index in [2.05, 4.69) is 28.0 Å². The molecule has 4 bridgehead atoms. The van der Waals surface area contributed by atoms with Gasteiger partial charge in [0.1, 0.15) is 23.7 Å². The number of rotatable bonds is 7.